The third-order valence-electron chi connectivity index (χ3n) is 12.1. The van der Waals surface area contributed by atoms with Crippen molar-refractivity contribution < 1.29 is 24.5 Å². The van der Waals surface area contributed by atoms with E-state index in [2.05, 4.69) is 90.9 Å². The zero-order valence-corrected chi connectivity index (χ0v) is 37.0. The fourth-order valence-corrected chi connectivity index (χ4v) is 8.61. The Balaban J connectivity index is 1.43. The highest BCUT2D eigenvalue weighted by Gasteiger charge is 2.45. The summed E-state index contributed by atoms with van der Waals surface area (Å²) in [6, 6.07) is 14.4. The fourth-order valence-electron chi connectivity index (χ4n) is 8.61. The van der Waals surface area contributed by atoms with Crippen molar-refractivity contribution in [2.45, 2.75) is 117 Å². The smallest absolute Gasteiger partial charge is 0.333 e. The topological polar surface area (TPSA) is 117 Å². The first-order chi connectivity index (χ1) is 27.7. The van der Waals surface area contributed by atoms with Crippen LogP contribution in [0, 0.1) is 18.8 Å². The van der Waals surface area contributed by atoms with Crippen molar-refractivity contribution in [1.29, 1.82) is 0 Å². The summed E-state index contributed by atoms with van der Waals surface area (Å²) in [5.74, 6) is 1.25. The standard InChI is InChI=1S/C50H64N4O5/c1-13-31-29-54-19-17-32(31)23-43(54)46(37-16-18-52-41-15-14-36(58-12)25-38(37)41)59-47(57)42(53-27-33-20-30(2)21-39(44(33)55)49(6,7)8)28-51-26-34-22-35(48(3,4)5)24-40(45(34)56)50(9,10)11/h13-16,18,20-22,24-27,31-32,42-43,46,55-56H,1,17,19,23,28-29H2,2-12H3/t31?,32?,42-,43?,46+/m0/s1. The van der Waals surface area contributed by atoms with Crippen molar-refractivity contribution in [3.05, 3.63) is 106 Å². The molecule has 0 radical (unpaired) electrons. The summed E-state index contributed by atoms with van der Waals surface area (Å²) in [5, 5.41) is 23.8. The van der Waals surface area contributed by atoms with E-state index in [0.29, 0.717) is 28.7 Å². The molecule has 2 N–H and O–H groups in total. The number of aliphatic imine (C=N–C) groups is 2. The number of carbonyl (C=O) groups is 1. The molecule has 3 fully saturated rings. The fraction of sp³-hybridized carbons (Fsp3) is 0.480. The molecular weight excluding hydrogens is 737 g/mol. The Hall–Kier alpha value is -5.02. The normalized spacial score (nSPS) is 20.9. The van der Waals surface area contributed by atoms with Gasteiger partial charge in [0, 0.05) is 58.4 Å². The first-order valence-electron chi connectivity index (χ1n) is 20.9. The average Bonchev–Trinajstić information content (AvgIpc) is 3.18. The molecule has 9 nitrogen and oxygen atoms in total. The molecule has 2 bridgehead atoms. The predicted molar refractivity (Wildman–Crippen MR) is 240 cm³/mol. The number of phenolic OH excluding ortho intramolecular Hbond substituents is 2. The number of aromatic nitrogens is 1. The quantitative estimate of drug-likeness (QED) is 0.0882. The SMILES string of the molecule is C=CC1CN2CCC1CC2[C@H](OC(=O)[C@H](CN=Cc1cc(C(C)(C)C)cc(C(C)(C)C)c1O)N=Cc1cc(C)cc(C(C)(C)C)c1O)c1ccnc2ccc(OC)cc12. The van der Waals surface area contributed by atoms with Crippen LogP contribution in [0.4, 0.5) is 0 Å². The van der Waals surface area contributed by atoms with Crippen molar-refractivity contribution in [3.8, 4) is 17.2 Å². The molecule has 0 spiro atoms. The summed E-state index contributed by atoms with van der Waals surface area (Å²) in [7, 11) is 1.64. The number of piperidine rings is 3. The minimum atomic E-state index is -1.07. The van der Waals surface area contributed by atoms with Gasteiger partial charge in [-0.15, -0.1) is 6.58 Å². The predicted octanol–water partition coefficient (Wildman–Crippen LogP) is 9.94. The summed E-state index contributed by atoms with van der Waals surface area (Å²) in [5.41, 5.74) is 5.55. The second-order valence-electron chi connectivity index (χ2n) is 19.6. The molecule has 59 heavy (non-hydrogen) atoms. The molecule has 1 aromatic heterocycles. The van der Waals surface area contributed by atoms with Gasteiger partial charge in [-0.1, -0.05) is 80.5 Å². The summed E-state index contributed by atoms with van der Waals surface area (Å²) in [6.07, 6.45) is 8.31. The molecule has 0 amide bonds. The van der Waals surface area contributed by atoms with Crippen LogP contribution in [0.15, 0.2) is 77.4 Å². The van der Waals surface area contributed by atoms with Gasteiger partial charge in [0.15, 0.2) is 6.04 Å². The minimum absolute atomic E-state index is 0.0503. The number of fused-ring (bicyclic) bond motifs is 4. The van der Waals surface area contributed by atoms with E-state index in [4.69, 9.17) is 19.5 Å². The summed E-state index contributed by atoms with van der Waals surface area (Å²) < 4.78 is 12.4. The Kier molecular flexibility index (Phi) is 12.5. The maximum Gasteiger partial charge on any atom is 0.333 e. The Bertz CT molecular complexity index is 2260. The zero-order valence-electron chi connectivity index (χ0n) is 37.0. The largest absolute Gasteiger partial charge is 0.507 e. The highest BCUT2D eigenvalue weighted by atomic mass is 16.5. The van der Waals surface area contributed by atoms with Crippen molar-refractivity contribution in [2.75, 3.05) is 26.7 Å². The van der Waals surface area contributed by atoms with Crippen LogP contribution in [0.2, 0.25) is 0 Å². The number of pyridine rings is 1. The monoisotopic (exact) mass is 800 g/mol. The molecule has 3 saturated heterocycles. The van der Waals surface area contributed by atoms with Crippen LogP contribution in [0.25, 0.3) is 10.9 Å². The van der Waals surface area contributed by atoms with Gasteiger partial charge in [-0.25, -0.2) is 4.79 Å². The van der Waals surface area contributed by atoms with E-state index >= 15 is 0 Å². The van der Waals surface area contributed by atoms with Crippen LogP contribution in [0.1, 0.15) is 120 Å². The Labute approximate surface area is 351 Å². The molecule has 3 aromatic carbocycles. The number of aromatic hydroxyl groups is 2. The number of benzene rings is 3. The molecule has 3 aliphatic heterocycles. The molecule has 9 heteroatoms. The van der Waals surface area contributed by atoms with E-state index in [1.165, 1.54) is 0 Å². The maximum absolute atomic E-state index is 14.8. The number of rotatable bonds is 11. The lowest BCUT2D eigenvalue weighted by molar-refractivity contribution is -0.158. The van der Waals surface area contributed by atoms with E-state index in [0.717, 1.165) is 64.7 Å². The summed E-state index contributed by atoms with van der Waals surface area (Å²) in [4.78, 5) is 31.6. The van der Waals surface area contributed by atoms with Gasteiger partial charge in [0.1, 0.15) is 23.4 Å². The third kappa shape index (κ3) is 9.57. The van der Waals surface area contributed by atoms with E-state index in [1.54, 1.807) is 25.7 Å². The molecular formula is C50H64N4O5. The zero-order chi connectivity index (χ0) is 43.0. The lowest BCUT2D eigenvalue weighted by Crippen LogP contribution is -2.55. The molecule has 4 heterocycles. The first kappa shape index (κ1) is 43.6. The number of nitrogens with zero attached hydrogens (tertiary/aromatic N) is 4. The van der Waals surface area contributed by atoms with Crippen LogP contribution < -0.4 is 4.74 Å². The van der Waals surface area contributed by atoms with E-state index in [-0.39, 0.29) is 40.3 Å². The van der Waals surface area contributed by atoms with Crippen LogP contribution in [-0.4, -0.2) is 77.3 Å². The van der Waals surface area contributed by atoms with Crippen molar-refractivity contribution in [2.24, 2.45) is 21.8 Å². The van der Waals surface area contributed by atoms with E-state index in [9.17, 15) is 15.0 Å². The van der Waals surface area contributed by atoms with Crippen LogP contribution in [0.3, 0.4) is 0 Å². The second kappa shape index (κ2) is 16.9. The lowest BCUT2D eigenvalue weighted by atomic mass is 9.73. The minimum Gasteiger partial charge on any atom is -0.507 e. The Morgan fingerprint density at radius 2 is 1.61 bits per heavy atom. The number of ether oxygens (including phenoxy) is 2. The number of methoxy groups -OCH3 is 1. The molecule has 3 aliphatic rings. The Morgan fingerprint density at radius 3 is 2.22 bits per heavy atom. The molecule has 4 unspecified atom stereocenters. The highest BCUT2D eigenvalue weighted by molar-refractivity contribution is 5.89. The number of hydrogen-bond donors (Lipinski definition) is 2. The molecule has 7 rings (SSSR count). The van der Waals surface area contributed by atoms with Gasteiger partial charge < -0.3 is 19.7 Å². The van der Waals surface area contributed by atoms with Crippen LogP contribution >= 0.6 is 0 Å². The third-order valence-corrected chi connectivity index (χ3v) is 12.1. The molecule has 0 saturated carbocycles. The molecule has 0 aliphatic carbocycles. The van der Waals surface area contributed by atoms with Gasteiger partial charge in [-0.2, -0.15) is 0 Å². The van der Waals surface area contributed by atoms with Crippen molar-refractivity contribution in [1.82, 2.24) is 9.88 Å². The van der Waals surface area contributed by atoms with Gasteiger partial charge in [0.05, 0.1) is 25.2 Å². The van der Waals surface area contributed by atoms with E-state index < -0.39 is 18.1 Å². The van der Waals surface area contributed by atoms with Gasteiger partial charge in [-0.05, 0) is 102 Å². The number of esters is 1. The molecule has 6 atom stereocenters. The second-order valence-corrected chi connectivity index (χ2v) is 19.6. The van der Waals surface area contributed by atoms with Gasteiger partial charge in [0.2, 0.25) is 0 Å². The van der Waals surface area contributed by atoms with Crippen LogP contribution in [0.5, 0.6) is 17.2 Å². The maximum atomic E-state index is 14.8. The first-order valence-corrected chi connectivity index (χ1v) is 20.9. The van der Waals surface area contributed by atoms with Gasteiger partial charge in [0.25, 0.3) is 0 Å². The number of aryl methyl sites for hydroxylation is 1. The van der Waals surface area contributed by atoms with E-state index in [1.807, 2.05) is 49.4 Å². The average molecular weight is 801 g/mol. The summed E-state index contributed by atoms with van der Waals surface area (Å²) >= 11 is 0. The van der Waals surface area contributed by atoms with Crippen molar-refractivity contribution in [3.63, 3.8) is 0 Å². The summed E-state index contributed by atoms with van der Waals surface area (Å²) in [6.45, 7) is 26.6. The molecule has 4 aromatic rings. The van der Waals surface area contributed by atoms with Crippen LogP contribution in [-0.2, 0) is 25.8 Å². The van der Waals surface area contributed by atoms with Crippen molar-refractivity contribution >= 4 is 29.3 Å². The van der Waals surface area contributed by atoms with Gasteiger partial charge >= 0.3 is 5.97 Å². The Morgan fingerprint density at radius 1 is 0.932 bits per heavy atom. The number of phenols is 2. The number of hydrogen-bond acceptors (Lipinski definition) is 9. The highest BCUT2D eigenvalue weighted by Crippen LogP contribution is 2.44. The lowest BCUT2D eigenvalue weighted by Gasteiger charge is -2.51. The number of carbonyl (C=O) groups excluding carboxylic acids is 1. The van der Waals surface area contributed by atoms with Gasteiger partial charge in [-0.3, -0.25) is 19.9 Å². The molecule has 314 valence electrons.